The van der Waals surface area contributed by atoms with Gasteiger partial charge in [0.15, 0.2) is 0 Å². The highest BCUT2D eigenvalue weighted by atomic mass is 16.2. The zero-order chi connectivity index (χ0) is 12.3. The second-order valence-corrected chi connectivity index (χ2v) is 5.91. The molecule has 2 spiro atoms. The molecule has 5 heteroatoms. The summed E-state index contributed by atoms with van der Waals surface area (Å²) in [7, 11) is 0. The Hall–Kier alpha value is -1.10. The third kappa shape index (κ3) is 1.35. The van der Waals surface area contributed by atoms with Gasteiger partial charge >= 0.3 is 6.03 Å². The van der Waals surface area contributed by atoms with Gasteiger partial charge in [-0.1, -0.05) is 0 Å². The van der Waals surface area contributed by atoms with Crippen molar-refractivity contribution in [2.24, 2.45) is 5.41 Å². The minimum atomic E-state index is -0.616. The summed E-state index contributed by atoms with van der Waals surface area (Å²) in [5.41, 5.74) is -0.624. The number of rotatable bonds is 1. The first-order chi connectivity index (χ1) is 7.99. The van der Waals surface area contributed by atoms with Gasteiger partial charge in [-0.15, -0.1) is 0 Å². The molecule has 2 saturated heterocycles. The van der Waals surface area contributed by atoms with Crippen molar-refractivity contribution in [3.8, 4) is 0 Å². The zero-order valence-corrected chi connectivity index (χ0v) is 10.4. The molecule has 5 nitrogen and oxygen atoms in total. The molecule has 0 aromatic heterocycles. The van der Waals surface area contributed by atoms with E-state index in [1.54, 1.807) is 0 Å². The molecule has 0 aromatic carbocycles. The molecule has 3 aliphatic rings. The van der Waals surface area contributed by atoms with E-state index in [-0.39, 0.29) is 17.4 Å². The summed E-state index contributed by atoms with van der Waals surface area (Å²) in [4.78, 5) is 25.9. The van der Waals surface area contributed by atoms with E-state index in [2.05, 4.69) is 29.4 Å². The summed E-state index contributed by atoms with van der Waals surface area (Å²) >= 11 is 0. The smallest absolute Gasteiger partial charge is 0.322 e. The van der Waals surface area contributed by atoms with Gasteiger partial charge in [-0.05, 0) is 33.1 Å². The number of piperidine rings is 1. The van der Waals surface area contributed by atoms with Gasteiger partial charge in [-0.2, -0.15) is 0 Å². The van der Waals surface area contributed by atoms with Gasteiger partial charge in [-0.25, -0.2) is 4.79 Å². The number of nitrogens with one attached hydrogen (secondary N) is 2. The van der Waals surface area contributed by atoms with Crippen molar-refractivity contribution in [2.75, 3.05) is 13.1 Å². The van der Waals surface area contributed by atoms with Crippen LogP contribution < -0.4 is 10.6 Å². The molecule has 3 amide bonds. The number of carbonyl (C=O) groups excluding carboxylic acids is 2. The number of nitrogens with zero attached hydrogens (tertiary/aromatic N) is 1. The van der Waals surface area contributed by atoms with Gasteiger partial charge in [0.1, 0.15) is 5.54 Å². The topological polar surface area (TPSA) is 61.4 Å². The number of hydrogen-bond donors (Lipinski definition) is 2. The van der Waals surface area contributed by atoms with E-state index in [1.807, 2.05) is 0 Å². The molecule has 2 heterocycles. The molecule has 2 N–H and O–H groups in total. The maximum atomic E-state index is 12.1. The van der Waals surface area contributed by atoms with Crippen molar-refractivity contribution in [3.05, 3.63) is 0 Å². The number of likely N-dealkylation sites (tertiary alicyclic amines) is 1. The van der Waals surface area contributed by atoms with Gasteiger partial charge in [0, 0.05) is 24.5 Å². The van der Waals surface area contributed by atoms with Gasteiger partial charge in [0.05, 0.1) is 0 Å². The lowest BCUT2D eigenvalue weighted by molar-refractivity contribution is -0.129. The van der Waals surface area contributed by atoms with Crippen molar-refractivity contribution in [1.29, 1.82) is 0 Å². The van der Waals surface area contributed by atoms with Gasteiger partial charge < -0.3 is 10.2 Å². The van der Waals surface area contributed by atoms with Gasteiger partial charge in [-0.3, -0.25) is 10.1 Å². The number of amides is 3. The monoisotopic (exact) mass is 237 g/mol. The van der Waals surface area contributed by atoms with E-state index in [0.717, 1.165) is 32.4 Å². The molecule has 1 aliphatic carbocycles. The summed E-state index contributed by atoms with van der Waals surface area (Å²) in [5.74, 6) is -0.108. The van der Waals surface area contributed by atoms with E-state index >= 15 is 0 Å². The van der Waals surface area contributed by atoms with Crippen molar-refractivity contribution in [2.45, 2.75) is 44.7 Å². The highest BCUT2D eigenvalue weighted by molar-refractivity contribution is 6.08. The van der Waals surface area contributed by atoms with Crippen LogP contribution >= 0.6 is 0 Å². The standard InChI is InChI=1S/C12H19N3O2/c1-8(2)15-6-5-12(11(7-15)3-4-11)9(16)13-10(17)14-12/h8H,3-7H2,1-2H3,(H2,13,14,16,17). The summed E-state index contributed by atoms with van der Waals surface area (Å²) in [6.07, 6.45) is 2.83. The maximum absolute atomic E-state index is 12.1. The zero-order valence-electron chi connectivity index (χ0n) is 10.4. The average Bonchev–Trinajstić information content (AvgIpc) is 2.96. The fourth-order valence-corrected chi connectivity index (χ4v) is 3.40. The van der Waals surface area contributed by atoms with Crippen molar-refractivity contribution >= 4 is 11.9 Å². The van der Waals surface area contributed by atoms with E-state index in [0.29, 0.717) is 6.04 Å². The molecule has 0 bridgehead atoms. The molecule has 3 rings (SSSR count). The quantitative estimate of drug-likeness (QED) is 0.651. The Morgan fingerprint density at radius 1 is 1.24 bits per heavy atom. The van der Waals surface area contributed by atoms with Crippen LogP contribution in [0.1, 0.15) is 33.1 Å². The van der Waals surface area contributed by atoms with Crippen LogP contribution in [0.25, 0.3) is 0 Å². The van der Waals surface area contributed by atoms with Crippen LogP contribution in [-0.4, -0.2) is 41.5 Å². The lowest BCUT2D eigenvalue weighted by Crippen LogP contribution is -2.63. The number of urea groups is 1. The van der Waals surface area contributed by atoms with E-state index in [9.17, 15) is 9.59 Å². The Morgan fingerprint density at radius 3 is 2.41 bits per heavy atom. The van der Waals surface area contributed by atoms with Crippen LogP contribution in [0, 0.1) is 5.41 Å². The van der Waals surface area contributed by atoms with Crippen LogP contribution in [0.2, 0.25) is 0 Å². The molecule has 0 radical (unpaired) electrons. The first-order valence-corrected chi connectivity index (χ1v) is 6.37. The Bertz CT molecular complexity index is 389. The second kappa shape index (κ2) is 3.22. The predicted octanol–water partition coefficient (Wildman–Crippen LogP) is 0.459. The SMILES string of the molecule is CC(C)N1CCC2(NC(=O)NC2=O)C2(CC2)C1. The summed E-state index contributed by atoms with van der Waals surface area (Å²) in [6, 6.07) is 0.185. The summed E-state index contributed by atoms with van der Waals surface area (Å²) < 4.78 is 0. The molecule has 1 unspecified atom stereocenters. The lowest BCUT2D eigenvalue weighted by Gasteiger charge is -2.45. The first-order valence-electron chi connectivity index (χ1n) is 6.37. The lowest BCUT2D eigenvalue weighted by atomic mass is 9.74. The van der Waals surface area contributed by atoms with Gasteiger partial charge in [0.2, 0.25) is 0 Å². The second-order valence-electron chi connectivity index (χ2n) is 5.91. The summed E-state index contributed by atoms with van der Waals surface area (Å²) in [6.45, 7) is 6.17. The molecule has 1 saturated carbocycles. The number of fused-ring (bicyclic) bond motifs is 1. The molecule has 17 heavy (non-hydrogen) atoms. The third-order valence-corrected chi connectivity index (χ3v) is 4.71. The third-order valence-electron chi connectivity index (χ3n) is 4.71. The van der Waals surface area contributed by atoms with Crippen LogP contribution in [0.4, 0.5) is 4.79 Å². The Balaban J connectivity index is 1.89. The normalized spacial score (nSPS) is 35.5. The number of hydrogen-bond acceptors (Lipinski definition) is 3. The Kier molecular flexibility index (Phi) is 2.09. The molecule has 94 valence electrons. The fourth-order valence-electron chi connectivity index (χ4n) is 3.40. The van der Waals surface area contributed by atoms with Crippen molar-refractivity contribution in [3.63, 3.8) is 0 Å². The highest BCUT2D eigenvalue weighted by Gasteiger charge is 2.68. The maximum Gasteiger partial charge on any atom is 0.322 e. The molecule has 2 aliphatic heterocycles. The largest absolute Gasteiger partial charge is 0.323 e. The van der Waals surface area contributed by atoms with Crippen LogP contribution in [-0.2, 0) is 4.79 Å². The molecular formula is C12H19N3O2. The highest BCUT2D eigenvalue weighted by Crippen LogP contribution is 2.58. The predicted molar refractivity (Wildman–Crippen MR) is 62.4 cm³/mol. The minimum Gasteiger partial charge on any atom is -0.323 e. The van der Waals surface area contributed by atoms with Crippen molar-refractivity contribution < 1.29 is 9.59 Å². The van der Waals surface area contributed by atoms with Crippen LogP contribution in [0.3, 0.4) is 0 Å². The average molecular weight is 237 g/mol. The molecular weight excluding hydrogens is 218 g/mol. The fraction of sp³-hybridized carbons (Fsp3) is 0.833. The minimum absolute atomic E-state index is 0.00817. The van der Waals surface area contributed by atoms with E-state index < -0.39 is 5.54 Å². The van der Waals surface area contributed by atoms with E-state index in [1.165, 1.54) is 0 Å². The van der Waals surface area contributed by atoms with Gasteiger partial charge in [0.25, 0.3) is 5.91 Å². The Morgan fingerprint density at radius 2 is 1.94 bits per heavy atom. The molecule has 0 aromatic rings. The van der Waals surface area contributed by atoms with Crippen LogP contribution in [0.15, 0.2) is 0 Å². The van der Waals surface area contributed by atoms with Crippen molar-refractivity contribution in [1.82, 2.24) is 15.5 Å². The molecule has 3 fully saturated rings. The summed E-state index contributed by atoms with van der Waals surface area (Å²) in [5, 5.41) is 5.31. The first kappa shape index (κ1) is 11.0. The number of imide groups is 1. The van der Waals surface area contributed by atoms with E-state index in [4.69, 9.17) is 0 Å². The Labute approximate surface area is 101 Å². The number of carbonyl (C=O) groups is 2. The molecule has 1 atom stereocenters. The van der Waals surface area contributed by atoms with Crippen LogP contribution in [0.5, 0.6) is 0 Å².